The molecule has 0 atom stereocenters. The summed E-state index contributed by atoms with van der Waals surface area (Å²) >= 11 is 0. The van der Waals surface area contributed by atoms with Gasteiger partial charge in [0.25, 0.3) is 0 Å². The Hall–Kier alpha value is -2.30. The fourth-order valence-electron chi connectivity index (χ4n) is 2.10. The molecule has 2 nitrogen and oxygen atoms in total. The van der Waals surface area contributed by atoms with Crippen LogP contribution in [-0.2, 0) is 0 Å². The number of rotatable bonds is 2. The molecule has 5 heteroatoms. The second kappa shape index (κ2) is 5.00. The third-order valence-corrected chi connectivity index (χ3v) is 3.10. The molecule has 0 aliphatic rings. The van der Waals surface area contributed by atoms with Crippen LogP contribution in [0.4, 0.5) is 13.2 Å². The molecule has 0 aliphatic carbocycles. The summed E-state index contributed by atoms with van der Waals surface area (Å²) in [7, 11) is 0. The van der Waals surface area contributed by atoms with Crippen LogP contribution in [0.2, 0.25) is 0 Å². The zero-order chi connectivity index (χ0) is 15.0. The highest BCUT2D eigenvalue weighted by Crippen LogP contribution is 2.30. The van der Waals surface area contributed by atoms with Crippen LogP contribution in [0.15, 0.2) is 24.3 Å². The molecule has 0 aromatic heterocycles. The fourth-order valence-corrected chi connectivity index (χ4v) is 2.10. The van der Waals surface area contributed by atoms with Gasteiger partial charge in [0.1, 0.15) is 5.82 Å². The largest absolute Gasteiger partial charge is 0.478 e. The Morgan fingerprint density at radius 2 is 1.45 bits per heavy atom. The van der Waals surface area contributed by atoms with E-state index in [0.717, 1.165) is 6.07 Å². The van der Waals surface area contributed by atoms with Crippen molar-refractivity contribution >= 4 is 5.97 Å². The summed E-state index contributed by atoms with van der Waals surface area (Å²) in [5, 5.41) is 9.07. The van der Waals surface area contributed by atoms with Gasteiger partial charge in [-0.1, -0.05) is 6.07 Å². The number of aromatic carboxylic acids is 1. The van der Waals surface area contributed by atoms with Gasteiger partial charge in [0.15, 0.2) is 11.6 Å². The molecule has 0 heterocycles. The number of carboxylic acid groups (broad SMARTS) is 1. The first-order valence-electron chi connectivity index (χ1n) is 5.80. The molecule has 0 bridgehead atoms. The molecule has 0 radical (unpaired) electrons. The molecule has 0 saturated heterocycles. The monoisotopic (exact) mass is 280 g/mol. The molecule has 2 aromatic rings. The van der Waals surface area contributed by atoms with Crippen LogP contribution >= 0.6 is 0 Å². The topological polar surface area (TPSA) is 37.3 Å². The van der Waals surface area contributed by atoms with Gasteiger partial charge in [0.2, 0.25) is 0 Å². The molecule has 2 rings (SSSR count). The van der Waals surface area contributed by atoms with Crippen molar-refractivity contribution in [3.8, 4) is 11.1 Å². The van der Waals surface area contributed by atoms with Crippen LogP contribution in [-0.4, -0.2) is 11.1 Å². The summed E-state index contributed by atoms with van der Waals surface area (Å²) in [5.74, 6) is -4.56. The van der Waals surface area contributed by atoms with Crippen LogP contribution in [0, 0.1) is 31.3 Å². The van der Waals surface area contributed by atoms with Crippen LogP contribution < -0.4 is 0 Å². The van der Waals surface area contributed by atoms with E-state index in [4.69, 9.17) is 5.11 Å². The van der Waals surface area contributed by atoms with E-state index >= 15 is 0 Å². The van der Waals surface area contributed by atoms with Crippen molar-refractivity contribution in [1.82, 2.24) is 0 Å². The second-order valence-corrected chi connectivity index (χ2v) is 4.53. The lowest BCUT2D eigenvalue weighted by molar-refractivity contribution is 0.0696. The Kier molecular flexibility index (Phi) is 3.53. The average Bonchev–Trinajstić information content (AvgIpc) is 2.34. The third-order valence-electron chi connectivity index (χ3n) is 3.10. The van der Waals surface area contributed by atoms with E-state index in [1.165, 1.54) is 6.07 Å². The van der Waals surface area contributed by atoms with Gasteiger partial charge < -0.3 is 5.11 Å². The standard InChI is InChI=1S/C15H11F3O2/c1-7-3-8(2)10(15(19)20)4-9(7)11-5-13(17)14(18)6-12(11)16/h3-6H,1-2H3,(H,19,20). The fraction of sp³-hybridized carbons (Fsp3) is 0.133. The first kappa shape index (κ1) is 14.1. The van der Waals surface area contributed by atoms with Crippen molar-refractivity contribution in [2.24, 2.45) is 0 Å². The zero-order valence-corrected chi connectivity index (χ0v) is 10.8. The van der Waals surface area contributed by atoms with E-state index in [1.54, 1.807) is 19.9 Å². The van der Waals surface area contributed by atoms with Crippen molar-refractivity contribution in [2.45, 2.75) is 13.8 Å². The maximum Gasteiger partial charge on any atom is 0.335 e. The first-order chi connectivity index (χ1) is 9.31. The summed E-state index contributed by atoms with van der Waals surface area (Å²) in [6.45, 7) is 3.26. The minimum atomic E-state index is -1.28. The van der Waals surface area contributed by atoms with Gasteiger partial charge in [-0.25, -0.2) is 18.0 Å². The Bertz CT molecular complexity index is 709. The van der Waals surface area contributed by atoms with Gasteiger partial charge in [0.05, 0.1) is 5.56 Å². The lowest BCUT2D eigenvalue weighted by Gasteiger charge is -2.11. The number of benzene rings is 2. The third kappa shape index (κ3) is 2.39. The van der Waals surface area contributed by atoms with Gasteiger partial charge in [-0.15, -0.1) is 0 Å². The van der Waals surface area contributed by atoms with E-state index in [0.29, 0.717) is 17.2 Å². The predicted octanol–water partition coefficient (Wildman–Crippen LogP) is 4.09. The Morgan fingerprint density at radius 3 is 2.05 bits per heavy atom. The van der Waals surface area contributed by atoms with E-state index in [-0.39, 0.29) is 16.7 Å². The summed E-state index contributed by atoms with van der Waals surface area (Å²) in [6, 6.07) is 4.01. The highest BCUT2D eigenvalue weighted by molar-refractivity contribution is 5.91. The lowest BCUT2D eigenvalue weighted by atomic mass is 9.94. The van der Waals surface area contributed by atoms with Gasteiger partial charge >= 0.3 is 5.97 Å². The minimum absolute atomic E-state index is 0.00488. The highest BCUT2D eigenvalue weighted by atomic mass is 19.2. The van der Waals surface area contributed by atoms with Crippen molar-refractivity contribution < 1.29 is 23.1 Å². The molecule has 0 spiro atoms. The second-order valence-electron chi connectivity index (χ2n) is 4.53. The van der Waals surface area contributed by atoms with Gasteiger partial charge in [-0.3, -0.25) is 0 Å². The highest BCUT2D eigenvalue weighted by Gasteiger charge is 2.16. The quantitative estimate of drug-likeness (QED) is 0.841. The van der Waals surface area contributed by atoms with E-state index < -0.39 is 23.4 Å². The van der Waals surface area contributed by atoms with Crippen LogP contribution in [0.5, 0.6) is 0 Å². The molecule has 20 heavy (non-hydrogen) atoms. The molecule has 0 fully saturated rings. The summed E-state index contributed by atoms with van der Waals surface area (Å²) in [4.78, 5) is 11.1. The number of halogens is 3. The number of hydrogen-bond acceptors (Lipinski definition) is 1. The number of carboxylic acids is 1. The Balaban J connectivity index is 2.73. The summed E-state index contributed by atoms with van der Waals surface area (Å²) in [6.07, 6.45) is 0. The van der Waals surface area contributed by atoms with Crippen LogP contribution in [0.3, 0.4) is 0 Å². The van der Waals surface area contributed by atoms with Crippen LogP contribution in [0.1, 0.15) is 21.5 Å². The SMILES string of the molecule is Cc1cc(C)c(-c2cc(F)c(F)cc2F)cc1C(=O)O. The van der Waals surface area contributed by atoms with Crippen LogP contribution in [0.25, 0.3) is 11.1 Å². The van der Waals surface area contributed by atoms with Gasteiger partial charge in [-0.2, -0.15) is 0 Å². The number of aryl methyl sites for hydroxylation is 2. The van der Waals surface area contributed by atoms with Crippen molar-refractivity contribution in [3.05, 3.63) is 58.4 Å². The molecular weight excluding hydrogens is 269 g/mol. The van der Waals surface area contributed by atoms with Gasteiger partial charge in [-0.05, 0) is 42.7 Å². The first-order valence-corrected chi connectivity index (χ1v) is 5.80. The van der Waals surface area contributed by atoms with Gasteiger partial charge in [0, 0.05) is 11.6 Å². The average molecular weight is 280 g/mol. The maximum absolute atomic E-state index is 13.8. The molecule has 0 unspecified atom stereocenters. The zero-order valence-electron chi connectivity index (χ0n) is 10.8. The lowest BCUT2D eigenvalue weighted by Crippen LogP contribution is -2.02. The van der Waals surface area contributed by atoms with E-state index in [9.17, 15) is 18.0 Å². The van der Waals surface area contributed by atoms with Crippen molar-refractivity contribution in [1.29, 1.82) is 0 Å². The molecule has 2 aromatic carbocycles. The molecule has 104 valence electrons. The molecular formula is C15H11F3O2. The normalized spacial score (nSPS) is 10.7. The molecule has 0 aliphatic heterocycles. The summed E-state index contributed by atoms with van der Waals surface area (Å²) < 4.78 is 40.0. The van der Waals surface area contributed by atoms with Crippen molar-refractivity contribution in [2.75, 3.05) is 0 Å². The Labute approximate surface area is 113 Å². The molecule has 0 amide bonds. The van der Waals surface area contributed by atoms with E-state index in [2.05, 4.69) is 0 Å². The minimum Gasteiger partial charge on any atom is -0.478 e. The number of carbonyl (C=O) groups is 1. The smallest absolute Gasteiger partial charge is 0.335 e. The predicted molar refractivity (Wildman–Crippen MR) is 68.2 cm³/mol. The molecule has 1 N–H and O–H groups in total. The number of hydrogen-bond donors (Lipinski definition) is 1. The maximum atomic E-state index is 13.8. The summed E-state index contributed by atoms with van der Waals surface area (Å²) in [5.41, 5.74) is 1.15. The van der Waals surface area contributed by atoms with Crippen molar-refractivity contribution in [3.63, 3.8) is 0 Å². The Morgan fingerprint density at radius 1 is 0.850 bits per heavy atom. The van der Waals surface area contributed by atoms with E-state index in [1.807, 2.05) is 0 Å². The molecule has 0 saturated carbocycles.